The van der Waals surface area contributed by atoms with Crippen LogP contribution in [0.3, 0.4) is 0 Å². The van der Waals surface area contributed by atoms with Crippen LogP contribution in [0.2, 0.25) is 0 Å². The molecule has 7 heteroatoms. The minimum Gasteiger partial charge on any atom is -0.232 e. The first kappa shape index (κ1) is 14.3. The molecule has 0 heterocycles. The normalized spacial score (nSPS) is 40.3. The van der Waals surface area contributed by atoms with Gasteiger partial charge in [-0.05, 0) is 18.9 Å². The molecule has 0 aliphatic heterocycles. The standard InChI is InChI=1S/C10H11F7/c1-5(2)8(13)4-6(11)7(3,12)9(14,15)10(8,16)17/h4-5H,1-3H3. The van der Waals surface area contributed by atoms with E-state index in [1.54, 1.807) is 0 Å². The summed E-state index contributed by atoms with van der Waals surface area (Å²) in [5.74, 6) is -14.6. The molecular weight excluding hydrogens is 253 g/mol. The lowest BCUT2D eigenvalue weighted by molar-refractivity contribution is -0.315. The predicted octanol–water partition coefficient (Wildman–Crippen LogP) is 4.22. The summed E-state index contributed by atoms with van der Waals surface area (Å²) in [6.07, 6.45) is -0.380. The molecule has 0 nitrogen and oxygen atoms in total. The first-order chi connectivity index (χ1) is 7.32. The molecule has 0 spiro atoms. The van der Waals surface area contributed by atoms with Crippen LogP contribution in [0.1, 0.15) is 20.8 Å². The molecule has 1 aliphatic carbocycles. The van der Waals surface area contributed by atoms with Gasteiger partial charge in [-0.1, -0.05) is 13.8 Å². The molecule has 0 N–H and O–H groups in total. The average molecular weight is 264 g/mol. The average Bonchev–Trinajstić information content (AvgIpc) is 2.14. The van der Waals surface area contributed by atoms with Crippen molar-refractivity contribution in [1.82, 2.24) is 0 Å². The van der Waals surface area contributed by atoms with E-state index < -0.39 is 34.9 Å². The van der Waals surface area contributed by atoms with Crippen molar-refractivity contribution in [3.8, 4) is 0 Å². The van der Waals surface area contributed by atoms with Gasteiger partial charge in [0.15, 0.2) is 0 Å². The van der Waals surface area contributed by atoms with Crippen LogP contribution in [0.5, 0.6) is 0 Å². The molecular formula is C10H11F7. The highest BCUT2D eigenvalue weighted by Gasteiger charge is 2.80. The van der Waals surface area contributed by atoms with Crippen LogP contribution in [0.15, 0.2) is 11.9 Å². The number of hydrogen-bond donors (Lipinski definition) is 0. The second kappa shape index (κ2) is 3.38. The van der Waals surface area contributed by atoms with E-state index in [2.05, 4.69) is 0 Å². The highest BCUT2D eigenvalue weighted by molar-refractivity contribution is 5.32. The fraction of sp³-hybridized carbons (Fsp3) is 0.800. The third-order valence-electron chi connectivity index (χ3n) is 3.09. The minimum atomic E-state index is -5.46. The molecule has 0 aromatic carbocycles. The second-order valence-electron chi connectivity index (χ2n) is 4.57. The van der Waals surface area contributed by atoms with Gasteiger partial charge in [-0.15, -0.1) is 0 Å². The Morgan fingerprint density at radius 3 is 1.71 bits per heavy atom. The van der Waals surface area contributed by atoms with Crippen LogP contribution in [0.4, 0.5) is 30.7 Å². The maximum Gasteiger partial charge on any atom is 0.353 e. The summed E-state index contributed by atoms with van der Waals surface area (Å²) in [4.78, 5) is 0. The van der Waals surface area contributed by atoms with Crippen molar-refractivity contribution in [3.05, 3.63) is 11.9 Å². The lowest BCUT2D eigenvalue weighted by Crippen LogP contribution is -2.68. The van der Waals surface area contributed by atoms with Crippen LogP contribution in [0, 0.1) is 5.92 Å². The van der Waals surface area contributed by atoms with Crippen LogP contribution in [-0.4, -0.2) is 23.2 Å². The highest BCUT2D eigenvalue weighted by atomic mass is 19.3. The molecule has 0 amide bonds. The zero-order chi connectivity index (χ0) is 13.9. The summed E-state index contributed by atoms with van der Waals surface area (Å²) in [6, 6.07) is 0. The minimum absolute atomic E-state index is 0.0351. The van der Waals surface area contributed by atoms with E-state index >= 15 is 0 Å². The second-order valence-corrected chi connectivity index (χ2v) is 4.57. The van der Waals surface area contributed by atoms with E-state index in [0.29, 0.717) is 0 Å². The van der Waals surface area contributed by atoms with Gasteiger partial charge in [0.05, 0.1) is 0 Å². The van der Waals surface area contributed by atoms with Crippen molar-refractivity contribution in [3.63, 3.8) is 0 Å². The van der Waals surface area contributed by atoms with Gasteiger partial charge in [0, 0.05) is 0 Å². The Kier molecular flexibility index (Phi) is 2.85. The fourth-order valence-corrected chi connectivity index (χ4v) is 1.63. The monoisotopic (exact) mass is 264 g/mol. The van der Waals surface area contributed by atoms with Crippen LogP contribution in [0.25, 0.3) is 0 Å². The molecule has 0 saturated heterocycles. The lowest BCUT2D eigenvalue weighted by Gasteiger charge is -2.46. The van der Waals surface area contributed by atoms with E-state index in [4.69, 9.17) is 0 Å². The van der Waals surface area contributed by atoms with Crippen LogP contribution in [-0.2, 0) is 0 Å². The molecule has 100 valence electrons. The molecule has 0 bridgehead atoms. The summed E-state index contributed by atoms with van der Waals surface area (Å²) in [6.45, 7) is 1.73. The van der Waals surface area contributed by atoms with Gasteiger partial charge in [0.1, 0.15) is 5.83 Å². The molecule has 2 atom stereocenters. The predicted molar refractivity (Wildman–Crippen MR) is 47.3 cm³/mol. The Balaban J connectivity index is 3.57. The van der Waals surface area contributed by atoms with Crippen molar-refractivity contribution in [2.24, 2.45) is 5.92 Å². The molecule has 0 radical (unpaired) electrons. The lowest BCUT2D eigenvalue weighted by atomic mass is 9.73. The fourth-order valence-electron chi connectivity index (χ4n) is 1.63. The van der Waals surface area contributed by atoms with Gasteiger partial charge in [-0.25, -0.2) is 13.2 Å². The number of rotatable bonds is 1. The molecule has 2 unspecified atom stereocenters. The van der Waals surface area contributed by atoms with Crippen molar-refractivity contribution < 1.29 is 30.7 Å². The zero-order valence-corrected chi connectivity index (χ0v) is 9.30. The van der Waals surface area contributed by atoms with E-state index in [-0.39, 0.29) is 13.0 Å². The van der Waals surface area contributed by atoms with Gasteiger partial charge >= 0.3 is 11.8 Å². The van der Waals surface area contributed by atoms with E-state index in [9.17, 15) is 30.7 Å². The molecule has 0 aromatic heterocycles. The van der Waals surface area contributed by atoms with E-state index in [1.165, 1.54) is 0 Å². The Labute approximate surface area is 93.5 Å². The van der Waals surface area contributed by atoms with Gasteiger partial charge in [0.2, 0.25) is 11.3 Å². The highest BCUT2D eigenvalue weighted by Crippen LogP contribution is 2.59. The molecule has 1 rings (SSSR count). The third-order valence-corrected chi connectivity index (χ3v) is 3.09. The number of hydrogen-bond acceptors (Lipinski definition) is 0. The Hall–Kier alpha value is -0.750. The largest absolute Gasteiger partial charge is 0.353 e. The summed E-state index contributed by atoms with van der Waals surface area (Å²) in [5.41, 5.74) is -8.15. The third kappa shape index (κ3) is 1.43. The first-order valence-corrected chi connectivity index (χ1v) is 4.84. The number of halogens is 7. The quantitative estimate of drug-likeness (QED) is 0.622. The molecule has 0 saturated carbocycles. The van der Waals surface area contributed by atoms with E-state index in [1.807, 2.05) is 0 Å². The Bertz CT molecular complexity index is 356. The molecule has 0 fully saturated rings. The topological polar surface area (TPSA) is 0 Å². The van der Waals surface area contributed by atoms with Crippen molar-refractivity contribution in [2.75, 3.05) is 0 Å². The molecule has 1 aliphatic rings. The first-order valence-electron chi connectivity index (χ1n) is 4.84. The van der Waals surface area contributed by atoms with E-state index in [0.717, 1.165) is 13.8 Å². The summed E-state index contributed by atoms with van der Waals surface area (Å²) < 4.78 is 93.4. The van der Waals surface area contributed by atoms with Gasteiger partial charge < -0.3 is 0 Å². The summed E-state index contributed by atoms with van der Waals surface area (Å²) >= 11 is 0. The van der Waals surface area contributed by atoms with Crippen molar-refractivity contribution in [2.45, 2.75) is 44.0 Å². The van der Waals surface area contributed by atoms with Gasteiger partial charge in [0.25, 0.3) is 0 Å². The van der Waals surface area contributed by atoms with Crippen molar-refractivity contribution >= 4 is 0 Å². The Morgan fingerprint density at radius 1 is 0.941 bits per heavy atom. The number of allylic oxidation sites excluding steroid dienone is 2. The zero-order valence-electron chi connectivity index (χ0n) is 9.30. The molecule has 17 heavy (non-hydrogen) atoms. The smallest absolute Gasteiger partial charge is 0.232 e. The van der Waals surface area contributed by atoms with Crippen molar-refractivity contribution in [1.29, 1.82) is 0 Å². The summed E-state index contributed by atoms with van der Waals surface area (Å²) in [7, 11) is 0. The maximum absolute atomic E-state index is 13.8. The number of alkyl halides is 6. The summed E-state index contributed by atoms with van der Waals surface area (Å²) in [5, 5.41) is 0. The van der Waals surface area contributed by atoms with Crippen LogP contribution >= 0.6 is 0 Å². The maximum atomic E-state index is 13.8. The Morgan fingerprint density at radius 2 is 1.35 bits per heavy atom. The van der Waals surface area contributed by atoms with Gasteiger partial charge in [-0.2, -0.15) is 17.6 Å². The van der Waals surface area contributed by atoms with Crippen LogP contribution < -0.4 is 0 Å². The van der Waals surface area contributed by atoms with Gasteiger partial charge in [-0.3, -0.25) is 0 Å². The SMILES string of the molecule is CC(C)C1(F)C=C(F)C(C)(F)C(F)(F)C1(F)F. The molecule has 0 aromatic rings.